The summed E-state index contributed by atoms with van der Waals surface area (Å²) in [6.07, 6.45) is 30.1. The Hall–Kier alpha value is -3.63. The van der Waals surface area contributed by atoms with Gasteiger partial charge in [0.05, 0.1) is 0 Å². The molecule has 0 bridgehead atoms. The van der Waals surface area contributed by atoms with Gasteiger partial charge in [-0.3, -0.25) is 19.8 Å². The van der Waals surface area contributed by atoms with Crippen LogP contribution in [0.3, 0.4) is 0 Å². The molecule has 0 spiro atoms. The average molecular weight is 887 g/mol. The number of amides is 1. The van der Waals surface area contributed by atoms with Crippen LogP contribution in [0.25, 0.3) is 0 Å². The third-order valence-electron chi connectivity index (χ3n) is 11.0. The minimum Gasteiger partial charge on any atom is -0.475 e. The van der Waals surface area contributed by atoms with Crippen molar-refractivity contribution in [3.8, 4) is 0 Å². The highest BCUT2D eigenvalue weighted by Gasteiger charge is 2.25. The van der Waals surface area contributed by atoms with Gasteiger partial charge in [0, 0.05) is 19.3 Å². The molecule has 11 heteroatoms. The van der Waals surface area contributed by atoms with Crippen molar-refractivity contribution in [1.29, 1.82) is 5.41 Å². The van der Waals surface area contributed by atoms with E-state index in [1.54, 1.807) is 20.8 Å². The second-order valence-electron chi connectivity index (χ2n) is 18.3. The molecule has 0 heterocycles. The van der Waals surface area contributed by atoms with Crippen molar-refractivity contribution < 1.29 is 42.9 Å². The van der Waals surface area contributed by atoms with Crippen LogP contribution in [0.4, 0.5) is 4.79 Å². The van der Waals surface area contributed by atoms with E-state index in [0.29, 0.717) is 6.42 Å². The van der Waals surface area contributed by atoms with Gasteiger partial charge in [0.25, 0.3) is 0 Å². The van der Waals surface area contributed by atoms with Gasteiger partial charge in [0.2, 0.25) is 5.90 Å². The molecule has 0 saturated heterocycles. The molecular weight excluding hydrogens is 797 g/mol. The first kappa shape index (κ1) is 57.4. The van der Waals surface area contributed by atoms with E-state index in [0.717, 1.165) is 44.1 Å². The first-order valence-corrected chi connectivity index (χ1v) is 25.2. The van der Waals surface area contributed by atoms with Crippen molar-refractivity contribution in [2.45, 2.75) is 252 Å². The summed E-state index contributed by atoms with van der Waals surface area (Å²) in [5.74, 6) is -1.64. The van der Waals surface area contributed by atoms with Gasteiger partial charge in [0.1, 0.15) is 31.5 Å². The zero-order valence-electron chi connectivity index (χ0n) is 40.6. The molecular formula is C52H90N2O9. The zero-order valence-corrected chi connectivity index (χ0v) is 40.6. The largest absolute Gasteiger partial charge is 0.475 e. The number of carbonyl (C=O) groups is 4. The maximum atomic E-state index is 13.0. The van der Waals surface area contributed by atoms with Crippen LogP contribution in [-0.2, 0) is 44.7 Å². The SMILES string of the molecule is CCCCCCCCCCCCCCCC(=O)OC[C@H](COC(=O)CC[C@H](NC(=O)OC(C)(C)C)C(=N)OCc1ccccc1)OC(=O)CCCCCCCCCCCCCCC. The monoisotopic (exact) mass is 887 g/mol. The third kappa shape index (κ3) is 36.4. The first-order chi connectivity index (χ1) is 30.4. The third-order valence-corrected chi connectivity index (χ3v) is 11.0. The summed E-state index contributed by atoms with van der Waals surface area (Å²) in [6, 6.07) is 8.36. The number of hydrogen-bond acceptors (Lipinski definition) is 10. The average Bonchev–Trinajstić information content (AvgIpc) is 3.25. The maximum absolute atomic E-state index is 13.0. The predicted octanol–water partition coefficient (Wildman–Crippen LogP) is 13.8. The van der Waals surface area contributed by atoms with Crippen LogP contribution >= 0.6 is 0 Å². The van der Waals surface area contributed by atoms with E-state index in [9.17, 15) is 19.2 Å². The summed E-state index contributed by atoms with van der Waals surface area (Å²) >= 11 is 0. The number of ether oxygens (including phenoxy) is 5. The number of carbonyl (C=O) groups excluding carboxylic acids is 4. The molecule has 0 radical (unpaired) electrons. The van der Waals surface area contributed by atoms with Crippen LogP contribution in [0.1, 0.15) is 233 Å². The molecule has 1 aromatic rings. The van der Waals surface area contributed by atoms with Crippen molar-refractivity contribution in [3.05, 3.63) is 35.9 Å². The van der Waals surface area contributed by atoms with Crippen LogP contribution in [-0.4, -0.2) is 60.9 Å². The maximum Gasteiger partial charge on any atom is 0.408 e. The Morgan fingerprint density at radius 3 is 1.37 bits per heavy atom. The van der Waals surface area contributed by atoms with Crippen molar-refractivity contribution in [3.63, 3.8) is 0 Å². The predicted molar refractivity (Wildman–Crippen MR) is 254 cm³/mol. The lowest BCUT2D eigenvalue weighted by atomic mass is 10.0. The normalized spacial score (nSPS) is 12.3. The van der Waals surface area contributed by atoms with Crippen molar-refractivity contribution in [2.75, 3.05) is 13.2 Å². The fraction of sp³-hybridized carbons (Fsp3) is 0.788. The zero-order chi connectivity index (χ0) is 46.2. The number of rotatable bonds is 40. The number of unbranched alkanes of at least 4 members (excludes halogenated alkanes) is 24. The topological polar surface area (TPSA) is 150 Å². The Balaban J connectivity index is 2.61. The molecule has 11 nitrogen and oxygen atoms in total. The fourth-order valence-corrected chi connectivity index (χ4v) is 7.27. The molecule has 63 heavy (non-hydrogen) atoms. The molecule has 0 aliphatic rings. The van der Waals surface area contributed by atoms with Gasteiger partial charge >= 0.3 is 24.0 Å². The van der Waals surface area contributed by atoms with Crippen LogP contribution < -0.4 is 5.32 Å². The van der Waals surface area contributed by atoms with Crippen molar-refractivity contribution in [1.82, 2.24) is 5.32 Å². The molecule has 0 fully saturated rings. The van der Waals surface area contributed by atoms with E-state index >= 15 is 0 Å². The number of benzene rings is 1. The molecule has 0 aromatic heterocycles. The lowest BCUT2D eigenvalue weighted by Gasteiger charge is -2.24. The minimum absolute atomic E-state index is 0.00329. The molecule has 1 amide bonds. The molecule has 362 valence electrons. The highest BCUT2D eigenvalue weighted by atomic mass is 16.6. The van der Waals surface area contributed by atoms with Crippen LogP contribution in [0.15, 0.2) is 30.3 Å². The molecule has 1 aromatic carbocycles. The Morgan fingerprint density at radius 2 is 0.937 bits per heavy atom. The molecule has 2 N–H and O–H groups in total. The Labute approximate surface area is 383 Å². The smallest absolute Gasteiger partial charge is 0.408 e. The van der Waals surface area contributed by atoms with Gasteiger partial charge in [-0.2, -0.15) is 0 Å². The second-order valence-corrected chi connectivity index (χ2v) is 18.3. The molecule has 0 saturated carbocycles. The van der Waals surface area contributed by atoms with Crippen LogP contribution in [0, 0.1) is 5.41 Å². The van der Waals surface area contributed by atoms with Gasteiger partial charge in [-0.15, -0.1) is 0 Å². The van der Waals surface area contributed by atoms with Crippen LogP contribution in [0.2, 0.25) is 0 Å². The Bertz CT molecular complexity index is 1320. The summed E-state index contributed by atoms with van der Waals surface area (Å²) in [4.78, 5) is 51.3. The summed E-state index contributed by atoms with van der Waals surface area (Å²) in [7, 11) is 0. The van der Waals surface area contributed by atoms with E-state index < -0.39 is 35.8 Å². The minimum atomic E-state index is -0.962. The Morgan fingerprint density at radius 1 is 0.540 bits per heavy atom. The van der Waals surface area contributed by atoms with E-state index in [2.05, 4.69) is 19.2 Å². The molecule has 2 atom stereocenters. The second kappa shape index (κ2) is 38.8. The fourth-order valence-electron chi connectivity index (χ4n) is 7.27. The summed E-state index contributed by atoms with van der Waals surface area (Å²) in [6.45, 7) is 9.30. The first-order valence-electron chi connectivity index (χ1n) is 25.2. The summed E-state index contributed by atoms with van der Waals surface area (Å²) in [5, 5.41) is 11.2. The van der Waals surface area contributed by atoms with Gasteiger partial charge in [-0.25, -0.2) is 4.79 Å². The number of hydrogen-bond donors (Lipinski definition) is 2. The van der Waals surface area contributed by atoms with Crippen LogP contribution in [0.5, 0.6) is 0 Å². The summed E-state index contributed by atoms with van der Waals surface area (Å²) in [5.41, 5.74) is 0.0766. The van der Waals surface area contributed by atoms with Gasteiger partial charge in [-0.1, -0.05) is 198 Å². The van der Waals surface area contributed by atoms with E-state index in [4.69, 9.17) is 29.1 Å². The lowest BCUT2D eigenvalue weighted by molar-refractivity contribution is -0.167. The summed E-state index contributed by atoms with van der Waals surface area (Å²) < 4.78 is 27.8. The number of alkyl carbamates (subject to hydrolysis) is 1. The van der Waals surface area contributed by atoms with Gasteiger partial charge < -0.3 is 29.0 Å². The van der Waals surface area contributed by atoms with E-state index in [1.165, 1.54) is 122 Å². The van der Waals surface area contributed by atoms with Crippen molar-refractivity contribution >= 4 is 29.9 Å². The standard InChI is InChI=1S/C52H90N2O9/c1-6-8-10-12-14-16-18-20-22-24-26-28-33-37-47(55)59-42-45(62-49(57)38-34-29-27-25-23-21-19-17-15-13-11-9-7-2)43-60-48(56)40-39-46(54-51(58)63-52(3,4)5)50(53)61-41-44-35-31-30-32-36-44/h30-32,35-36,45-46,53H,6-29,33-34,37-43H2,1-5H3,(H,54,58)/t45-,46+/m1/s1. The number of esters is 3. The van der Waals surface area contributed by atoms with Gasteiger partial charge in [-0.05, 0) is 45.6 Å². The lowest BCUT2D eigenvalue weighted by Crippen LogP contribution is -2.44. The Kier molecular flexibility index (Phi) is 35.3. The molecule has 0 unspecified atom stereocenters. The highest BCUT2D eigenvalue weighted by molar-refractivity contribution is 5.84. The molecule has 0 aliphatic heterocycles. The van der Waals surface area contributed by atoms with E-state index in [-0.39, 0.29) is 57.4 Å². The highest BCUT2D eigenvalue weighted by Crippen LogP contribution is 2.16. The number of nitrogens with one attached hydrogen (secondary N) is 2. The van der Waals surface area contributed by atoms with Crippen molar-refractivity contribution in [2.24, 2.45) is 0 Å². The quantitative estimate of drug-likeness (QED) is 0.0216. The molecule has 0 aliphatic carbocycles. The molecule has 1 rings (SSSR count). The van der Waals surface area contributed by atoms with Gasteiger partial charge in [0.15, 0.2) is 6.10 Å². The van der Waals surface area contributed by atoms with E-state index in [1.807, 2.05) is 30.3 Å².